The molecule has 0 saturated carbocycles. The Bertz CT molecular complexity index is 715. The molecule has 2 rings (SSSR count). The minimum atomic E-state index is -0.964. The highest BCUT2D eigenvalue weighted by molar-refractivity contribution is 14.0. The third-order valence-electron chi connectivity index (χ3n) is 4.49. The zero-order valence-corrected chi connectivity index (χ0v) is 20.5. The highest BCUT2D eigenvalue weighted by atomic mass is 127. The van der Waals surface area contributed by atoms with Crippen LogP contribution in [-0.2, 0) is 5.60 Å². The van der Waals surface area contributed by atoms with Gasteiger partial charge in [-0.15, -0.1) is 35.3 Å². The smallest absolute Gasteiger partial charge is 0.191 e. The van der Waals surface area contributed by atoms with Crippen molar-refractivity contribution in [1.82, 2.24) is 15.5 Å². The Morgan fingerprint density at radius 3 is 2.43 bits per heavy atom. The molecule has 0 radical (unpaired) electrons. The van der Waals surface area contributed by atoms with Crippen molar-refractivity contribution in [3.63, 3.8) is 0 Å². The molecule has 5 nitrogen and oxygen atoms in total. The van der Waals surface area contributed by atoms with Crippen LogP contribution in [0.5, 0.6) is 0 Å². The zero-order chi connectivity index (χ0) is 19.9. The van der Waals surface area contributed by atoms with Crippen molar-refractivity contribution in [1.29, 1.82) is 0 Å². The van der Waals surface area contributed by atoms with Crippen LogP contribution in [0.25, 0.3) is 0 Å². The summed E-state index contributed by atoms with van der Waals surface area (Å²) in [6.07, 6.45) is 0. The van der Waals surface area contributed by atoms with Crippen LogP contribution >= 0.6 is 35.3 Å². The van der Waals surface area contributed by atoms with E-state index in [0.717, 1.165) is 18.0 Å². The highest BCUT2D eigenvalue weighted by Gasteiger charge is 2.24. The molecule has 2 unspecified atom stereocenters. The minimum Gasteiger partial charge on any atom is -0.383 e. The predicted molar refractivity (Wildman–Crippen MR) is 131 cm³/mol. The molecule has 0 bridgehead atoms. The number of hydrogen-bond donors (Lipinski definition) is 3. The lowest BCUT2D eigenvalue weighted by molar-refractivity contribution is 0.0711. The number of thiophene rings is 1. The molecule has 28 heavy (non-hydrogen) atoms. The average Bonchev–Trinajstić information content (AvgIpc) is 3.16. The van der Waals surface area contributed by atoms with E-state index < -0.39 is 5.60 Å². The lowest BCUT2D eigenvalue weighted by atomic mass is 10.0. The van der Waals surface area contributed by atoms with Gasteiger partial charge in [0, 0.05) is 18.0 Å². The van der Waals surface area contributed by atoms with Crippen molar-refractivity contribution >= 4 is 41.3 Å². The maximum absolute atomic E-state index is 10.7. The number of nitrogens with zero attached hydrogens (tertiary/aromatic N) is 2. The van der Waals surface area contributed by atoms with Crippen LogP contribution in [0.3, 0.4) is 0 Å². The Balaban J connectivity index is 0.00000392. The number of rotatable bonds is 8. The van der Waals surface area contributed by atoms with Crippen LogP contribution in [0.2, 0.25) is 0 Å². The Morgan fingerprint density at radius 1 is 1.21 bits per heavy atom. The molecule has 2 aromatic rings. The molecule has 0 fully saturated rings. The monoisotopic (exact) mass is 516 g/mol. The lowest BCUT2D eigenvalue weighted by Crippen LogP contribution is -2.42. The largest absolute Gasteiger partial charge is 0.383 e. The number of nitrogens with one attached hydrogen (secondary N) is 2. The van der Waals surface area contributed by atoms with E-state index >= 15 is 0 Å². The number of aryl methyl sites for hydroxylation is 1. The Kier molecular flexibility index (Phi) is 10.4. The zero-order valence-electron chi connectivity index (χ0n) is 17.4. The van der Waals surface area contributed by atoms with Crippen LogP contribution in [0, 0.1) is 6.92 Å². The summed E-state index contributed by atoms with van der Waals surface area (Å²) < 4.78 is 0. The van der Waals surface area contributed by atoms with Gasteiger partial charge in [-0.05, 0) is 51.9 Å². The van der Waals surface area contributed by atoms with Gasteiger partial charge in [0.1, 0.15) is 5.60 Å². The molecule has 0 aliphatic carbocycles. The van der Waals surface area contributed by atoms with E-state index in [4.69, 9.17) is 0 Å². The SMILES string of the molecule is CCNC(=NCC(C)(O)c1cccs1)NCC(c1ccc(C)cc1)N(C)C.I. The van der Waals surface area contributed by atoms with Crippen LogP contribution < -0.4 is 10.6 Å². The molecule has 0 spiro atoms. The average molecular weight is 516 g/mol. The normalized spacial score (nSPS) is 14.9. The quantitative estimate of drug-likeness (QED) is 0.284. The maximum Gasteiger partial charge on any atom is 0.191 e. The number of hydrogen-bond acceptors (Lipinski definition) is 4. The van der Waals surface area contributed by atoms with Crippen LogP contribution in [0.4, 0.5) is 0 Å². The van der Waals surface area contributed by atoms with E-state index in [1.54, 1.807) is 18.3 Å². The summed E-state index contributed by atoms with van der Waals surface area (Å²) in [5.74, 6) is 0.716. The van der Waals surface area contributed by atoms with Crippen molar-refractivity contribution in [3.05, 3.63) is 57.8 Å². The summed E-state index contributed by atoms with van der Waals surface area (Å²) in [7, 11) is 4.16. The third kappa shape index (κ3) is 7.35. The molecule has 0 saturated heterocycles. The molecule has 0 amide bonds. The van der Waals surface area contributed by atoms with E-state index in [1.807, 2.05) is 24.4 Å². The van der Waals surface area contributed by atoms with Gasteiger partial charge in [-0.1, -0.05) is 35.9 Å². The maximum atomic E-state index is 10.7. The molecular weight excluding hydrogens is 483 g/mol. The van der Waals surface area contributed by atoms with E-state index in [-0.39, 0.29) is 30.0 Å². The molecule has 0 aliphatic heterocycles. The number of guanidine groups is 1. The molecule has 156 valence electrons. The fourth-order valence-electron chi connectivity index (χ4n) is 2.82. The van der Waals surface area contributed by atoms with Crippen LogP contribution in [0.1, 0.15) is 35.9 Å². The van der Waals surface area contributed by atoms with Crippen molar-refractivity contribution in [3.8, 4) is 0 Å². The summed E-state index contributed by atoms with van der Waals surface area (Å²) in [5.41, 5.74) is 1.56. The predicted octanol–water partition coefficient (Wildman–Crippen LogP) is 3.74. The molecule has 2 atom stereocenters. The fourth-order valence-corrected chi connectivity index (χ4v) is 3.60. The van der Waals surface area contributed by atoms with Crippen molar-refractivity contribution in [2.45, 2.75) is 32.4 Å². The number of aliphatic hydroxyl groups is 1. The standard InChI is InChI=1S/C21H32N4OS.HI/c1-6-22-20(24-15-21(3,26)19-8-7-13-27-19)23-14-18(25(4)5)17-11-9-16(2)10-12-17;/h7-13,18,26H,6,14-15H2,1-5H3,(H2,22,23,24);1H. The Labute approximate surface area is 190 Å². The van der Waals surface area contributed by atoms with Crippen LogP contribution in [-0.4, -0.2) is 49.7 Å². The van der Waals surface area contributed by atoms with Gasteiger partial charge in [0.15, 0.2) is 5.96 Å². The van der Waals surface area contributed by atoms with Gasteiger partial charge in [0.05, 0.1) is 12.6 Å². The summed E-state index contributed by atoms with van der Waals surface area (Å²) in [5, 5.41) is 19.4. The number of halogens is 1. The topological polar surface area (TPSA) is 59.9 Å². The van der Waals surface area contributed by atoms with Gasteiger partial charge in [0.2, 0.25) is 0 Å². The molecule has 1 aromatic carbocycles. The second-order valence-corrected chi connectivity index (χ2v) is 8.17. The van der Waals surface area contributed by atoms with Crippen molar-refractivity contribution in [2.24, 2.45) is 4.99 Å². The molecule has 1 aromatic heterocycles. The molecule has 7 heteroatoms. The van der Waals surface area contributed by atoms with E-state index in [0.29, 0.717) is 12.5 Å². The van der Waals surface area contributed by atoms with Gasteiger partial charge in [0.25, 0.3) is 0 Å². The van der Waals surface area contributed by atoms with Gasteiger partial charge >= 0.3 is 0 Å². The van der Waals surface area contributed by atoms with E-state index in [2.05, 4.69) is 65.8 Å². The first-order valence-corrected chi connectivity index (χ1v) is 10.2. The molecule has 1 heterocycles. The van der Waals surface area contributed by atoms with E-state index in [1.165, 1.54) is 11.1 Å². The second-order valence-electron chi connectivity index (χ2n) is 7.22. The van der Waals surface area contributed by atoms with Gasteiger partial charge in [-0.2, -0.15) is 0 Å². The summed E-state index contributed by atoms with van der Waals surface area (Å²) in [4.78, 5) is 7.73. The first kappa shape index (κ1) is 24.9. The lowest BCUT2D eigenvalue weighted by Gasteiger charge is -2.26. The fraction of sp³-hybridized carbons (Fsp3) is 0.476. The summed E-state index contributed by atoms with van der Waals surface area (Å²) in [6, 6.07) is 12.8. The first-order chi connectivity index (χ1) is 12.8. The minimum absolute atomic E-state index is 0. The Morgan fingerprint density at radius 2 is 1.89 bits per heavy atom. The molecule has 3 N–H and O–H groups in total. The third-order valence-corrected chi connectivity index (χ3v) is 5.61. The van der Waals surface area contributed by atoms with Crippen molar-refractivity contribution < 1.29 is 5.11 Å². The number of benzene rings is 1. The molecular formula is C21H33IN4OS. The number of likely N-dealkylation sites (N-methyl/N-ethyl adjacent to an activating group) is 1. The van der Waals surface area contributed by atoms with Gasteiger partial charge < -0.3 is 20.6 Å². The summed E-state index contributed by atoms with van der Waals surface area (Å²) >= 11 is 1.55. The van der Waals surface area contributed by atoms with Crippen LogP contribution in [0.15, 0.2) is 46.8 Å². The first-order valence-electron chi connectivity index (χ1n) is 9.35. The van der Waals surface area contributed by atoms with E-state index in [9.17, 15) is 5.11 Å². The Hall–Kier alpha value is -1.16. The van der Waals surface area contributed by atoms with Gasteiger partial charge in [-0.3, -0.25) is 0 Å². The number of aliphatic imine (C=N–C) groups is 1. The van der Waals surface area contributed by atoms with Crippen molar-refractivity contribution in [2.75, 3.05) is 33.7 Å². The van der Waals surface area contributed by atoms with Gasteiger partial charge in [-0.25, -0.2) is 4.99 Å². The molecule has 0 aliphatic rings. The summed E-state index contributed by atoms with van der Waals surface area (Å²) in [6.45, 7) is 7.74. The highest BCUT2D eigenvalue weighted by Crippen LogP contribution is 2.25. The second kappa shape index (κ2) is 11.7.